The Morgan fingerprint density at radius 3 is 2.96 bits per heavy atom. The van der Waals surface area contributed by atoms with Gasteiger partial charge in [0, 0.05) is 23.9 Å². The Hall–Kier alpha value is -2.15. The summed E-state index contributed by atoms with van der Waals surface area (Å²) < 4.78 is 6.06. The highest BCUT2D eigenvalue weighted by molar-refractivity contribution is 9.10. The van der Waals surface area contributed by atoms with Crippen molar-refractivity contribution in [3.8, 4) is 0 Å². The van der Waals surface area contributed by atoms with Crippen molar-refractivity contribution >= 4 is 27.8 Å². The minimum Gasteiger partial charge on any atom is -0.480 e. The number of carboxylic acid groups (broad SMARTS) is 1. The molecule has 1 aliphatic rings. The molecule has 1 aromatic carbocycles. The van der Waals surface area contributed by atoms with E-state index in [-0.39, 0.29) is 18.7 Å². The van der Waals surface area contributed by atoms with E-state index in [0.29, 0.717) is 12.2 Å². The summed E-state index contributed by atoms with van der Waals surface area (Å²) in [7, 11) is 0. The van der Waals surface area contributed by atoms with Gasteiger partial charge in [-0.25, -0.2) is 9.78 Å². The fourth-order valence-corrected chi connectivity index (χ4v) is 3.41. The molecule has 0 radical (unpaired) electrons. The van der Waals surface area contributed by atoms with E-state index in [1.165, 1.54) is 11.3 Å². The van der Waals surface area contributed by atoms with Gasteiger partial charge in [0.2, 0.25) is 0 Å². The van der Waals surface area contributed by atoms with Crippen LogP contribution in [-0.2, 0) is 24.2 Å². The quantitative estimate of drug-likeness (QED) is 0.887. The van der Waals surface area contributed by atoms with E-state index in [9.17, 15) is 14.7 Å². The zero-order chi connectivity index (χ0) is 16.6. The first-order chi connectivity index (χ1) is 11.0. The molecule has 1 aromatic heterocycles. The van der Waals surface area contributed by atoms with Crippen molar-refractivity contribution in [3.05, 3.63) is 51.6 Å². The number of halogens is 1. The van der Waals surface area contributed by atoms with Gasteiger partial charge in [0.05, 0.1) is 0 Å². The molecule has 120 valence electrons. The Balaban J connectivity index is 2.00. The first-order valence-corrected chi connectivity index (χ1v) is 8.04. The standard InChI is InChI=1S/C16H15BrN2O4/c1-2-13-14(18-8-23-13)15(20)19-7-9-4-3-5-11(17)10(9)6-12(19)16(21)22/h3-5,8,12H,2,6-7H2,1H3,(H,21,22). The first-order valence-electron chi connectivity index (χ1n) is 7.25. The molecule has 1 atom stereocenters. The number of rotatable bonds is 3. The molecule has 3 rings (SSSR count). The van der Waals surface area contributed by atoms with Gasteiger partial charge in [-0.1, -0.05) is 35.0 Å². The molecule has 0 bridgehead atoms. The average Bonchev–Trinajstić information content (AvgIpc) is 3.02. The number of carboxylic acids is 1. The highest BCUT2D eigenvalue weighted by atomic mass is 79.9. The van der Waals surface area contributed by atoms with Gasteiger partial charge in [-0.3, -0.25) is 4.79 Å². The second-order valence-corrected chi connectivity index (χ2v) is 6.20. The summed E-state index contributed by atoms with van der Waals surface area (Å²) in [4.78, 5) is 29.8. The lowest BCUT2D eigenvalue weighted by molar-refractivity contribution is -0.142. The molecule has 6 nitrogen and oxygen atoms in total. The van der Waals surface area contributed by atoms with Crippen LogP contribution in [0.2, 0.25) is 0 Å². The molecule has 0 fully saturated rings. The number of hydrogen-bond donors (Lipinski definition) is 1. The lowest BCUT2D eigenvalue weighted by atomic mass is 9.93. The van der Waals surface area contributed by atoms with Gasteiger partial charge in [-0.05, 0) is 17.2 Å². The third-order valence-corrected chi connectivity index (χ3v) is 4.78. The number of aryl methyl sites for hydroxylation is 1. The molecule has 0 saturated heterocycles. The summed E-state index contributed by atoms with van der Waals surface area (Å²) in [6.45, 7) is 2.09. The largest absolute Gasteiger partial charge is 0.480 e. The number of amides is 1. The van der Waals surface area contributed by atoms with Crippen molar-refractivity contribution in [1.29, 1.82) is 0 Å². The van der Waals surface area contributed by atoms with Gasteiger partial charge in [-0.2, -0.15) is 0 Å². The number of hydrogen-bond acceptors (Lipinski definition) is 4. The second-order valence-electron chi connectivity index (χ2n) is 5.35. The van der Waals surface area contributed by atoms with Crippen molar-refractivity contribution in [3.63, 3.8) is 0 Å². The van der Waals surface area contributed by atoms with E-state index in [1.807, 2.05) is 25.1 Å². The molecule has 23 heavy (non-hydrogen) atoms. The topological polar surface area (TPSA) is 83.6 Å². The molecule has 1 aliphatic heterocycles. The van der Waals surface area contributed by atoms with Gasteiger partial charge in [0.25, 0.3) is 5.91 Å². The van der Waals surface area contributed by atoms with E-state index >= 15 is 0 Å². The molecule has 1 unspecified atom stereocenters. The number of carbonyl (C=O) groups is 2. The maximum Gasteiger partial charge on any atom is 0.326 e. The molecule has 0 saturated carbocycles. The Bertz CT molecular complexity index is 771. The van der Waals surface area contributed by atoms with Crippen LogP contribution in [0.5, 0.6) is 0 Å². The van der Waals surface area contributed by atoms with E-state index < -0.39 is 17.9 Å². The van der Waals surface area contributed by atoms with Crippen LogP contribution in [0.3, 0.4) is 0 Å². The second kappa shape index (κ2) is 6.16. The average molecular weight is 379 g/mol. The lowest BCUT2D eigenvalue weighted by Gasteiger charge is -2.34. The first kappa shape index (κ1) is 15.7. The number of aliphatic carboxylic acids is 1. The SMILES string of the molecule is CCc1ocnc1C(=O)N1Cc2cccc(Br)c2CC1C(=O)O. The number of oxazole rings is 1. The maximum absolute atomic E-state index is 12.8. The van der Waals surface area contributed by atoms with Crippen molar-refractivity contribution < 1.29 is 19.1 Å². The maximum atomic E-state index is 12.8. The van der Waals surface area contributed by atoms with E-state index in [2.05, 4.69) is 20.9 Å². The number of fused-ring (bicyclic) bond motifs is 1. The molecule has 7 heteroatoms. The number of nitrogens with zero attached hydrogens (tertiary/aromatic N) is 2. The van der Waals surface area contributed by atoms with Crippen LogP contribution in [-0.4, -0.2) is 32.9 Å². The zero-order valence-corrected chi connectivity index (χ0v) is 14.0. The normalized spacial score (nSPS) is 17.0. The summed E-state index contributed by atoms with van der Waals surface area (Å²) in [6.07, 6.45) is 2.00. The van der Waals surface area contributed by atoms with Gasteiger partial charge in [0.15, 0.2) is 12.1 Å². The Labute approximate surface area is 141 Å². The number of carbonyl (C=O) groups excluding carboxylic acids is 1. The third kappa shape index (κ3) is 2.76. The van der Waals surface area contributed by atoms with Crippen molar-refractivity contribution in [1.82, 2.24) is 9.88 Å². The van der Waals surface area contributed by atoms with Crippen LogP contribution in [0, 0.1) is 0 Å². The van der Waals surface area contributed by atoms with Gasteiger partial charge in [0.1, 0.15) is 11.8 Å². The van der Waals surface area contributed by atoms with Crippen LogP contribution in [0.15, 0.2) is 33.5 Å². The fourth-order valence-electron chi connectivity index (χ4n) is 2.84. The highest BCUT2D eigenvalue weighted by Gasteiger charge is 2.37. The predicted molar refractivity (Wildman–Crippen MR) is 85.0 cm³/mol. The predicted octanol–water partition coefficient (Wildman–Crippen LogP) is 2.65. The Kier molecular flexibility index (Phi) is 4.21. The van der Waals surface area contributed by atoms with E-state index in [0.717, 1.165) is 15.6 Å². The van der Waals surface area contributed by atoms with Crippen molar-refractivity contribution in [2.24, 2.45) is 0 Å². The molecular weight excluding hydrogens is 364 g/mol. The molecular formula is C16H15BrN2O4. The van der Waals surface area contributed by atoms with Gasteiger partial charge >= 0.3 is 5.97 Å². The van der Waals surface area contributed by atoms with E-state index in [1.54, 1.807) is 0 Å². The Morgan fingerprint density at radius 2 is 2.26 bits per heavy atom. The van der Waals surface area contributed by atoms with Crippen LogP contribution >= 0.6 is 15.9 Å². The summed E-state index contributed by atoms with van der Waals surface area (Å²) in [6, 6.07) is 4.74. The lowest BCUT2D eigenvalue weighted by Crippen LogP contribution is -2.49. The monoisotopic (exact) mass is 378 g/mol. The van der Waals surface area contributed by atoms with Crippen LogP contribution < -0.4 is 0 Å². The summed E-state index contributed by atoms with van der Waals surface area (Å²) in [5.74, 6) is -0.964. The molecule has 1 amide bonds. The Morgan fingerprint density at radius 1 is 1.48 bits per heavy atom. The van der Waals surface area contributed by atoms with Crippen LogP contribution in [0.25, 0.3) is 0 Å². The third-order valence-electron chi connectivity index (χ3n) is 4.04. The van der Waals surface area contributed by atoms with Gasteiger partial charge < -0.3 is 14.4 Å². The summed E-state index contributed by atoms with van der Waals surface area (Å²) in [5.41, 5.74) is 2.06. The summed E-state index contributed by atoms with van der Waals surface area (Å²) >= 11 is 3.45. The molecule has 2 heterocycles. The van der Waals surface area contributed by atoms with E-state index in [4.69, 9.17) is 4.42 Å². The molecule has 1 N–H and O–H groups in total. The fraction of sp³-hybridized carbons (Fsp3) is 0.312. The minimum atomic E-state index is -1.03. The summed E-state index contributed by atoms with van der Waals surface area (Å²) in [5, 5.41) is 9.55. The molecule has 2 aromatic rings. The van der Waals surface area contributed by atoms with Crippen LogP contribution in [0.1, 0.15) is 34.3 Å². The molecule has 0 aliphatic carbocycles. The van der Waals surface area contributed by atoms with Crippen molar-refractivity contribution in [2.45, 2.75) is 32.4 Å². The highest BCUT2D eigenvalue weighted by Crippen LogP contribution is 2.30. The molecule has 0 spiro atoms. The smallest absolute Gasteiger partial charge is 0.326 e. The minimum absolute atomic E-state index is 0.192. The van der Waals surface area contributed by atoms with Crippen molar-refractivity contribution in [2.75, 3.05) is 0 Å². The van der Waals surface area contributed by atoms with Crippen LogP contribution in [0.4, 0.5) is 0 Å². The zero-order valence-electron chi connectivity index (χ0n) is 12.5. The number of benzene rings is 1. The number of aromatic nitrogens is 1. The van der Waals surface area contributed by atoms with Gasteiger partial charge in [-0.15, -0.1) is 0 Å².